The Morgan fingerprint density at radius 2 is 1.79 bits per heavy atom. The van der Waals surface area contributed by atoms with Crippen LogP contribution < -0.4 is 16.0 Å². The van der Waals surface area contributed by atoms with E-state index >= 15 is 0 Å². The molecule has 34 heavy (non-hydrogen) atoms. The summed E-state index contributed by atoms with van der Waals surface area (Å²) in [6.45, 7) is 22.6. The molecule has 2 rings (SSSR count). The highest BCUT2D eigenvalue weighted by molar-refractivity contribution is 5.98. The highest BCUT2D eigenvalue weighted by Crippen LogP contribution is 2.35. The Morgan fingerprint density at radius 1 is 1.15 bits per heavy atom. The minimum absolute atomic E-state index is 0.101. The highest BCUT2D eigenvalue weighted by atomic mass is 15.0. The van der Waals surface area contributed by atoms with Crippen LogP contribution >= 0.6 is 0 Å². The van der Waals surface area contributed by atoms with Gasteiger partial charge >= 0.3 is 0 Å². The van der Waals surface area contributed by atoms with Crippen LogP contribution in [0.5, 0.6) is 0 Å². The van der Waals surface area contributed by atoms with E-state index in [4.69, 9.17) is 4.99 Å². The minimum atomic E-state index is 0.101. The maximum absolute atomic E-state index is 5.22. The van der Waals surface area contributed by atoms with Crippen molar-refractivity contribution < 1.29 is 0 Å². The van der Waals surface area contributed by atoms with Crippen molar-refractivity contribution in [3.05, 3.63) is 46.3 Å². The summed E-state index contributed by atoms with van der Waals surface area (Å²) in [6, 6.07) is 0. The number of rotatable bonds is 9. The summed E-state index contributed by atoms with van der Waals surface area (Å²) in [5.74, 6) is 1.02. The van der Waals surface area contributed by atoms with Gasteiger partial charge in [0.1, 0.15) is 0 Å². The van der Waals surface area contributed by atoms with E-state index in [1.54, 1.807) is 5.57 Å². The van der Waals surface area contributed by atoms with Gasteiger partial charge in [-0.1, -0.05) is 26.3 Å². The van der Waals surface area contributed by atoms with Crippen LogP contribution in [0, 0.1) is 11.8 Å². The maximum atomic E-state index is 5.22. The summed E-state index contributed by atoms with van der Waals surface area (Å²) >= 11 is 0. The number of hydrogen-bond donors (Lipinski definition) is 3. The molecule has 0 unspecified atom stereocenters. The summed E-state index contributed by atoms with van der Waals surface area (Å²) in [4.78, 5) is 5.22. The van der Waals surface area contributed by atoms with Gasteiger partial charge in [0.15, 0.2) is 0 Å². The van der Waals surface area contributed by atoms with Gasteiger partial charge < -0.3 is 16.0 Å². The first-order valence-corrected chi connectivity index (χ1v) is 13.4. The zero-order valence-corrected chi connectivity index (χ0v) is 23.8. The molecule has 2 aliphatic heterocycles. The van der Waals surface area contributed by atoms with Crippen molar-refractivity contribution in [1.82, 2.24) is 16.0 Å². The third kappa shape index (κ3) is 8.45. The lowest BCUT2D eigenvalue weighted by molar-refractivity contribution is 0.158. The third-order valence-corrected chi connectivity index (χ3v) is 7.07. The molecule has 0 amide bonds. The first-order valence-electron chi connectivity index (χ1n) is 13.4. The molecule has 0 aromatic rings. The Hall–Kier alpha value is -1.81. The zero-order chi connectivity index (χ0) is 25.5. The van der Waals surface area contributed by atoms with Crippen LogP contribution in [0.1, 0.15) is 94.4 Å². The van der Waals surface area contributed by atoms with E-state index in [-0.39, 0.29) is 11.1 Å². The smallest absolute Gasteiger partial charge is 0.0415 e. The quantitative estimate of drug-likeness (QED) is 0.261. The number of hydrogen-bond acceptors (Lipinski definition) is 4. The molecule has 0 aliphatic carbocycles. The standard InChI is InChI=1S/C30H52N4/c1-11-27-22(4)25(13-15-32-23(27)5)16-24(12-14-31-10)17-28(33-20-21(2)3)26-18-29(6,7)34-30(8,9)19-26/h12,14,17,21,26,31-32,34H,11,13,15-16,18-20H2,1-10H3/b14-12-,24-17+,33-28+. The summed E-state index contributed by atoms with van der Waals surface area (Å²) in [5, 5.41) is 10.7. The van der Waals surface area contributed by atoms with Crippen LogP contribution in [0.4, 0.5) is 0 Å². The van der Waals surface area contributed by atoms with Crippen molar-refractivity contribution in [2.75, 3.05) is 20.1 Å². The van der Waals surface area contributed by atoms with Gasteiger partial charge in [0.25, 0.3) is 0 Å². The number of nitrogens with zero attached hydrogens (tertiary/aromatic N) is 1. The molecule has 0 aromatic carbocycles. The van der Waals surface area contributed by atoms with Crippen LogP contribution in [-0.2, 0) is 0 Å². The van der Waals surface area contributed by atoms with E-state index in [0.717, 1.165) is 45.2 Å². The van der Waals surface area contributed by atoms with Gasteiger partial charge in [0.2, 0.25) is 0 Å². The van der Waals surface area contributed by atoms with Gasteiger partial charge in [0, 0.05) is 48.5 Å². The van der Waals surface area contributed by atoms with E-state index in [0.29, 0.717) is 11.8 Å². The molecule has 2 heterocycles. The molecule has 0 saturated carbocycles. The molecule has 0 atom stereocenters. The van der Waals surface area contributed by atoms with Crippen molar-refractivity contribution in [3.63, 3.8) is 0 Å². The van der Waals surface area contributed by atoms with Gasteiger partial charge in [-0.15, -0.1) is 0 Å². The van der Waals surface area contributed by atoms with Crippen molar-refractivity contribution in [2.45, 2.75) is 105 Å². The molecule has 4 heteroatoms. The molecule has 0 aromatic heterocycles. The fourth-order valence-electron chi connectivity index (χ4n) is 5.84. The molecular weight excluding hydrogens is 416 g/mol. The van der Waals surface area contributed by atoms with E-state index in [1.807, 2.05) is 7.05 Å². The Balaban J connectivity index is 2.49. The average Bonchev–Trinajstić information content (AvgIpc) is 2.84. The Kier molecular flexibility index (Phi) is 10.2. The second-order valence-electron chi connectivity index (χ2n) is 12.0. The van der Waals surface area contributed by atoms with Gasteiger partial charge in [-0.25, -0.2) is 0 Å². The number of aliphatic imine (C=N–C) groups is 1. The van der Waals surface area contributed by atoms with E-state index in [2.05, 4.69) is 96.6 Å². The summed E-state index contributed by atoms with van der Waals surface area (Å²) in [6.07, 6.45) is 12.1. The molecular formula is C30H52N4. The van der Waals surface area contributed by atoms with Crippen LogP contribution in [0.2, 0.25) is 0 Å². The van der Waals surface area contributed by atoms with Gasteiger partial charge in [0.05, 0.1) is 0 Å². The normalized spacial score (nSPS) is 22.4. The topological polar surface area (TPSA) is 48.5 Å². The number of piperidine rings is 1. The lowest BCUT2D eigenvalue weighted by atomic mass is 9.73. The summed E-state index contributed by atoms with van der Waals surface area (Å²) in [5.41, 5.74) is 8.65. The fourth-order valence-corrected chi connectivity index (χ4v) is 5.84. The van der Waals surface area contributed by atoms with Crippen molar-refractivity contribution in [1.29, 1.82) is 0 Å². The number of allylic oxidation sites excluding steroid dienone is 6. The van der Waals surface area contributed by atoms with Gasteiger partial charge in [-0.3, -0.25) is 4.99 Å². The predicted octanol–water partition coefficient (Wildman–Crippen LogP) is 6.68. The Bertz CT molecular complexity index is 833. The SMILES string of the molecule is CCC1=C(C)NCCC(CC(/C=C\NC)=C/C(=N\CC(C)C)C2CC(C)(C)NC(C)(C)C2)=C1C. The van der Waals surface area contributed by atoms with Crippen LogP contribution in [-0.4, -0.2) is 36.9 Å². The van der Waals surface area contributed by atoms with Crippen molar-refractivity contribution >= 4 is 5.71 Å². The second kappa shape index (κ2) is 12.2. The minimum Gasteiger partial charge on any atom is -0.394 e. The zero-order valence-electron chi connectivity index (χ0n) is 23.8. The monoisotopic (exact) mass is 468 g/mol. The maximum Gasteiger partial charge on any atom is 0.0415 e. The molecule has 192 valence electrons. The number of nitrogens with one attached hydrogen (secondary N) is 3. The van der Waals surface area contributed by atoms with Crippen LogP contribution in [0.25, 0.3) is 0 Å². The Labute approximate surface area is 210 Å². The highest BCUT2D eigenvalue weighted by Gasteiger charge is 2.39. The van der Waals surface area contributed by atoms with E-state index in [1.165, 1.54) is 28.1 Å². The fraction of sp³-hybridized carbons (Fsp3) is 0.700. The lowest BCUT2D eigenvalue weighted by Crippen LogP contribution is -2.58. The second-order valence-corrected chi connectivity index (χ2v) is 12.0. The van der Waals surface area contributed by atoms with Crippen LogP contribution in [0.15, 0.2) is 51.3 Å². The van der Waals surface area contributed by atoms with Crippen molar-refractivity contribution in [3.8, 4) is 0 Å². The Morgan fingerprint density at radius 3 is 2.35 bits per heavy atom. The molecule has 1 saturated heterocycles. The van der Waals surface area contributed by atoms with Gasteiger partial charge in [-0.05, 0) is 115 Å². The molecule has 0 bridgehead atoms. The first kappa shape index (κ1) is 28.4. The molecule has 4 nitrogen and oxygen atoms in total. The van der Waals surface area contributed by atoms with Crippen LogP contribution in [0.3, 0.4) is 0 Å². The molecule has 2 aliphatic rings. The van der Waals surface area contributed by atoms with E-state index < -0.39 is 0 Å². The largest absolute Gasteiger partial charge is 0.394 e. The average molecular weight is 469 g/mol. The summed E-state index contributed by atoms with van der Waals surface area (Å²) < 4.78 is 0. The molecule has 3 N–H and O–H groups in total. The third-order valence-electron chi connectivity index (χ3n) is 7.07. The summed E-state index contributed by atoms with van der Waals surface area (Å²) in [7, 11) is 1.97. The molecule has 1 fully saturated rings. The van der Waals surface area contributed by atoms with Crippen molar-refractivity contribution in [2.24, 2.45) is 16.8 Å². The first-order chi connectivity index (χ1) is 15.9. The van der Waals surface area contributed by atoms with Gasteiger partial charge in [-0.2, -0.15) is 0 Å². The molecule has 0 radical (unpaired) electrons. The lowest BCUT2D eigenvalue weighted by Gasteiger charge is -2.46. The molecule has 0 spiro atoms. The van der Waals surface area contributed by atoms with E-state index in [9.17, 15) is 0 Å². The predicted molar refractivity (Wildman–Crippen MR) is 150 cm³/mol.